The van der Waals surface area contributed by atoms with E-state index in [9.17, 15) is 43.2 Å². The first-order valence-corrected chi connectivity index (χ1v) is 48.1. The number of carbonyl (C=O) groups excluding carboxylic acids is 9. The SMILES string of the molecule is COCCN(C)c1cc(/C=C2\SC(=O)NC2=O)nc(N2CCN(c3ccc(C)cc3)CC2)n1.Cc1ccc(N2CCN(c3nc(/C=C4\SC(=O)NC4=O)cc(N(C)CCc4ccccn4)n3)CC2)cc1.Cc1ccc(N2CCN(c3nc(/C=C4\SC(=O)NC4=O)cc(N(C)Cc4ccccc4)n3)CC2)cc1.Cc1ccc(N2CCN(c3nccc(/C=C4\SC(=O)N(CC(N)=O)C4=O)n3)CC2)cc1. The highest BCUT2D eigenvalue weighted by molar-refractivity contribution is 8.19. The zero-order chi connectivity index (χ0) is 96.2. The number of likely N-dealkylation sites (N-methyl/N-ethyl adjacent to an activating group) is 2. The Labute approximate surface area is 811 Å². The van der Waals surface area contributed by atoms with Crippen molar-refractivity contribution in [2.24, 2.45) is 5.73 Å². The van der Waals surface area contributed by atoms with Crippen LogP contribution < -0.4 is 75.6 Å². The number of nitrogens with zero attached hydrogens (tertiary/aromatic N) is 21. The molecule has 5 N–H and O–H groups in total. The number of thioether (sulfide) groups is 4. The number of imide groups is 4. The summed E-state index contributed by atoms with van der Waals surface area (Å²) < 4.78 is 5.20. The lowest BCUT2D eigenvalue weighted by atomic mass is 10.2. The third kappa shape index (κ3) is 26.5. The Hall–Kier alpha value is -14.3. The number of nitrogens with two attached hydrogens (primary N) is 1. The zero-order valence-corrected chi connectivity index (χ0v) is 80.6. The molecule has 0 spiro atoms. The second kappa shape index (κ2) is 45.8. The molecule has 10 aromatic rings. The van der Waals surface area contributed by atoms with Crippen molar-refractivity contribution in [3.63, 3.8) is 0 Å². The van der Waals surface area contributed by atoms with Crippen LogP contribution in [0.4, 0.5) is 83.2 Å². The normalized spacial score (nSPS) is 17.4. The van der Waals surface area contributed by atoms with Crippen molar-refractivity contribution in [3.05, 3.63) is 258 Å². The van der Waals surface area contributed by atoms with Gasteiger partial charge >= 0.3 is 0 Å². The number of aryl methyl sites for hydroxylation is 4. The standard InChI is InChI=1S/C27H29N7O2S.C27H28N6O2S.C23H28N6O3S.C21H22N6O3S/c1-19-6-8-22(9-7-19)33-13-15-34(16-14-33)26-29-21(17-23-25(35)31-27(36)37-23)18-24(30-26)32(2)12-10-20-5-3-4-11-28-20;1-19-8-10-22(11-9-19)32-12-14-33(15-13-32)26-28-21(16-23-25(34)30-27(35)36-23)17-24(29-26)31(2)18-20-6-4-3-5-7-20;1-16-4-6-18(7-5-16)28-8-10-29(11-9-28)22-24-17(14-19-21(30)26-23(31)33-19)15-20(25-22)27(2)12-13-32-3;1-14-2-4-16(5-3-14)25-8-10-26(11-9-25)20-23-7-6-15(24-20)12-17-19(29)27(13-18(22)28)21(30)31-17/h3-9,11,17-18H,10,12-16H2,1-2H3,(H,31,35,36);3-11,16-17H,12-15,18H2,1-2H3,(H,30,34,35);4-7,14-15H,8-13H2,1-3H3,(H,26,30,31);2-7,12H,8-11,13H2,1H3,(H2,22,28)/b23-17-;23-16-;19-14-;17-12-. The van der Waals surface area contributed by atoms with Crippen LogP contribution in [0.1, 0.15) is 56.3 Å². The van der Waals surface area contributed by atoms with Crippen LogP contribution in [0.2, 0.25) is 0 Å². The van der Waals surface area contributed by atoms with E-state index in [-0.39, 0.29) is 20.6 Å². The molecule has 9 amide bonds. The third-order valence-corrected chi connectivity index (χ3v) is 26.7. The van der Waals surface area contributed by atoms with Crippen molar-refractivity contribution in [2.45, 2.75) is 40.7 Å². The summed E-state index contributed by atoms with van der Waals surface area (Å²) in [5, 5.41) is 5.27. The van der Waals surface area contributed by atoms with Gasteiger partial charge in [-0.2, -0.15) is 15.0 Å². The summed E-state index contributed by atoms with van der Waals surface area (Å²) in [6, 6.07) is 57.6. The Kier molecular flexibility index (Phi) is 32.5. The molecule has 0 unspecified atom stereocenters. The number of hydrogen-bond acceptors (Lipinski definition) is 34. The number of nitrogens with one attached hydrogen (secondary N) is 3. The van der Waals surface area contributed by atoms with Crippen LogP contribution >= 0.6 is 47.0 Å². The maximum absolute atomic E-state index is 12.4. The van der Waals surface area contributed by atoms with Crippen LogP contribution in [-0.4, -0.2) is 259 Å². The number of amides is 9. The van der Waals surface area contributed by atoms with Crippen molar-refractivity contribution in [1.29, 1.82) is 0 Å². The van der Waals surface area contributed by atoms with Gasteiger partial charge in [-0.1, -0.05) is 107 Å². The van der Waals surface area contributed by atoms with Gasteiger partial charge in [0.2, 0.25) is 29.7 Å². The van der Waals surface area contributed by atoms with Crippen LogP contribution in [0.25, 0.3) is 24.3 Å². The fourth-order valence-corrected chi connectivity index (χ4v) is 18.5. The molecular weight excluding hydrogens is 1820 g/mol. The van der Waals surface area contributed by atoms with E-state index in [1.165, 1.54) is 50.6 Å². The average molecular weight is 1920 g/mol. The average Bonchev–Trinajstić information content (AvgIpc) is 1.79. The predicted molar refractivity (Wildman–Crippen MR) is 545 cm³/mol. The van der Waals surface area contributed by atoms with Crippen molar-refractivity contribution < 1.29 is 47.9 Å². The molecule has 35 nitrogen and oxygen atoms in total. The smallest absolute Gasteiger partial charge is 0.294 e. The monoisotopic (exact) mass is 1920 g/mol. The number of carbonyl (C=O) groups is 9. The molecule has 39 heteroatoms. The van der Waals surface area contributed by atoms with Gasteiger partial charge in [-0.3, -0.25) is 69.0 Å². The van der Waals surface area contributed by atoms with Crippen molar-refractivity contribution in [2.75, 3.05) is 213 Å². The van der Waals surface area contributed by atoms with Gasteiger partial charge in [-0.15, -0.1) is 0 Å². The first-order valence-electron chi connectivity index (χ1n) is 44.8. The first kappa shape index (κ1) is 97.3. The lowest BCUT2D eigenvalue weighted by molar-refractivity contribution is -0.127. The number of benzene rings is 5. The molecule has 8 saturated heterocycles. The highest BCUT2D eigenvalue weighted by Gasteiger charge is 2.37. The maximum Gasteiger partial charge on any atom is 0.294 e. The van der Waals surface area contributed by atoms with E-state index in [0.717, 1.165) is 193 Å². The molecule has 8 fully saturated rings. The molecule has 13 heterocycles. The van der Waals surface area contributed by atoms with Gasteiger partial charge in [0.25, 0.3) is 44.6 Å². The molecule has 0 saturated carbocycles. The fourth-order valence-electron chi connectivity index (χ4n) is 15.6. The second-order valence-electron chi connectivity index (χ2n) is 33.4. The lowest BCUT2D eigenvalue weighted by Crippen LogP contribution is -2.47. The predicted octanol–water partition coefficient (Wildman–Crippen LogP) is 11.7. The van der Waals surface area contributed by atoms with E-state index in [2.05, 4.69) is 217 Å². The van der Waals surface area contributed by atoms with E-state index in [1.807, 2.05) is 80.6 Å². The van der Waals surface area contributed by atoms with Gasteiger partial charge in [0.1, 0.15) is 24.0 Å². The Bertz CT molecular complexity index is 6180. The van der Waals surface area contributed by atoms with Crippen LogP contribution in [0, 0.1) is 27.7 Å². The van der Waals surface area contributed by atoms with Gasteiger partial charge in [0.15, 0.2) is 0 Å². The van der Waals surface area contributed by atoms with E-state index < -0.39 is 41.3 Å². The Balaban J connectivity index is 0.000000139. The summed E-state index contributed by atoms with van der Waals surface area (Å²) in [4.78, 5) is 175. The summed E-state index contributed by atoms with van der Waals surface area (Å²) in [6.45, 7) is 23.6. The molecular formula is C98H107N25O10S4. The third-order valence-electron chi connectivity index (χ3n) is 23.4. The number of rotatable bonds is 25. The molecule has 0 radical (unpaired) electrons. The molecule has 8 aliphatic rings. The van der Waals surface area contributed by atoms with E-state index in [1.54, 1.807) is 49.9 Å². The number of primary amides is 1. The molecule has 5 aromatic carbocycles. The number of piperazine rings is 4. The Morgan fingerprint density at radius 2 is 0.737 bits per heavy atom. The van der Waals surface area contributed by atoms with Crippen molar-refractivity contribution in [1.82, 2.24) is 65.7 Å². The van der Waals surface area contributed by atoms with E-state index in [4.69, 9.17) is 40.4 Å². The summed E-state index contributed by atoms with van der Waals surface area (Å²) in [6.07, 6.45) is 10.7. The highest BCUT2D eigenvalue weighted by Crippen LogP contribution is 2.36. The molecule has 18 rings (SSSR count). The second-order valence-corrected chi connectivity index (χ2v) is 37.5. The summed E-state index contributed by atoms with van der Waals surface area (Å²) in [5.41, 5.74) is 19.4. The molecule has 0 bridgehead atoms. The number of pyridine rings is 1. The van der Waals surface area contributed by atoms with Gasteiger partial charge in [-0.25, -0.2) is 24.9 Å². The van der Waals surface area contributed by atoms with Crippen molar-refractivity contribution in [3.8, 4) is 0 Å². The number of aromatic nitrogens is 9. The van der Waals surface area contributed by atoms with Crippen LogP contribution in [0.3, 0.4) is 0 Å². The van der Waals surface area contributed by atoms with Crippen LogP contribution in [0.15, 0.2) is 202 Å². The topological polar surface area (TPSA) is 380 Å². The van der Waals surface area contributed by atoms with E-state index >= 15 is 0 Å². The van der Waals surface area contributed by atoms with Gasteiger partial charge < -0.3 is 64.4 Å². The number of anilines is 11. The largest absolute Gasteiger partial charge is 0.383 e. The summed E-state index contributed by atoms with van der Waals surface area (Å²) in [5.74, 6) is 2.21. The zero-order valence-electron chi connectivity index (χ0n) is 77.4. The van der Waals surface area contributed by atoms with Gasteiger partial charge in [-0.05, 0) is 171 Å². The first-order chi connectivity index (χ1) is 66.2. The van der Waals surface area contributed by atoms with Gasteiger partial charge in [0, 0.05) is 218 Å². The number of methoxy groups -OCH3 is 1. The number of hydrogen-bond donors (Lipinski definition) is 4. The van der Waals surface area contributed by atoms with Crippen LogP contribution in [0.5, 0.6) is 0 Å². The summed E-state index contributed by atoms with van der Waals surface area (Å²) in [7, 11) is 7.58. The maximum atomic E-state index is 12.4. The number of ether oxygens (including phenoxy) is 1. The minimum Gasteiger partial charge on any atom is -0.383 e. The molecule has 0 atom stereocenters. The Morgan fingerprint density at radius 1 is 0.387 bits per heavy atom. The molecule has 8 aliphatic heterocycles. The fraction of sp³-hybridized carbons (Fsp3) is 0.306. The molecule has 5 aromatic heterocycles. The lowest BCUT2D eigenvalue weighted by Gasteiger charge is -2.36. The molecule has 0 aliphatic carbocycles. The minimum absolute atomic E-state index is 0.208. The van der Waals surface area contributed by atoms with Crippen molar-refractivity contribution >= 4 is 186 Å². The highest BCUT2D eigenvalue weighted by atomic mass is 32.2. The van der Waals surface area contributed by atoms with Crippen LogP contribution in [-0.2, 0) is 41.7 Å². The summed E-state index contributed by atoms with van der Waals surface area (Å²) >= 11 is 3.44. The van der Waals surface area contributed by atoms with E-state index in [0.29, 0.717) is 81.0 Å². The van der Waals surface area contributed by atoms with Gasteiger partial charge in [0.05, 0.1) is 49.0 Å². The Morgan fingerprint density at radius 3 is 1.09 bits per heavy atom. The quantitative estimate of drug-likeness (QED) is 0.0386. The molecule has 137 heavy (non-hydrogen) atoms. The molecule has 708 valence electrons. The minimum atomic E-state index is -0.738.